The number of H-pyrrole nitrogens is 1. The number of anilines is 2. The van der Waals surface area contributed by atoms with Crippen molar-refractivity contribution in [3.05, 3.63) is 209 Å². The van der Waals surface area contributed by atoms with E-state index in [2.05, 4.69) is 147 Å². The molecule has 3 N–H and O–H groups in total. The Kier molecular flexibility index (Phi) is 26.1. The predicted molar refractivity (Wildman–Crippen MR) is 455 cm³/mol. The molecule has 26 heteroatoms. The van der Waals surface area contributed by atoms with Gasteiger partial charge in [0.1, 0.15) is 79.3 Å². The third-order valence-corrected chi connectivity index (χ3v) is 23.7. The molecule has 3 aliphatic carbocycles. The van der Waals surface area contributed by atoms with Crippen LogP contribution in [0.5, 0.6) is 23.0 Å². The Hall–Kier alpha value is -12.1. The lowest BCUT2D eigenvalue weighted by atomic mass is 10.0. The zero-order valence-electron chi connectivity index (χ0n) is 67.0. The number of allylic oxidation sites excluding steroid dienone is 2. The van der Waals surface area contributed by atoms with Crippen molar-refractivity contribution in [2.45, 2.75) is 89.3 Å². The first kappa shape index (κ1) is 81.6. The maximum absolute atomic E-state index is 12.7. The van der Waals surface area contributed by atoms with Gasteiger partial charge < -0.3 is 49.1 Å². The zero-order valence-corrected chi connectivity index (χ0v) is 67.0. The summed E-state index contributed by atoms with van der Waals surface area (Å²) in [6.45, 7) is 12.3. The summed E-state index contributed by atoms with van der Waals surface area (Å²) in [5.74, 6) is 3.02. The first-order valence-corrected chi connectivity index (χ1v) is 41.7. The summed E-state index contributed by atoms with van der Waals surface area (Å²) in [4.78, 5) is 50.4. The molecule has 18 rings (SSSR count). The van der Waals surface area contributed by atoms with Crippen molar-refractivity contribution >= 4 is 51.5 Å². The second-order valence-electron chi connectivity index (χ2n) is 31.7. The molecular weight excluding hydrogens is 1530 g/mol. The number of ether oxygens (including phenoxy) is 4. The second kappa shape index (κ2) is 38.3. The molecule has 6 fully saturated rings. The number of aromatic amines is 1. The second-order valence-corrected chi connectivity index (χ2v) is 31.7. The highest BCUT2D eigenvalue weighted by molar-refractivity contribution is 5.97. The van der Waals surface area contributed by atoms with Gasteiger partial charge in [0, 0.05) is 160 Å². The van der Waals surface area contributed by atoms with E-state index in [1.807, 2.05) is 70.5 Å². The van der Waals surface area contributed by atoms with Gasteiger partial charge in [-0.15, -0.1) is 0 Å². The molecule has 0 spiro atoms. The van der Waals surface area contributed by atoms with Crippen LogP contribution in [-0.4, -0.2) is 217 Å². The molecule has 0 radical (unpaired) electrons. The van der Waals surface area contributed by atoms with Crippen molar-refractivity contribution in [3.63, 3.8) is 0 Å². The largest absolute Gasteiger partial charge is 0.492 e. The lowest BCUT2D eigenvalue weighted by Crippen LogP contribution is -2.47. The Morgan fingerprint density at radius 3 is 1.48 bits per heavy atom. The summed E-state index contributed by atoms with van der Waals surface area (Å²) >= 11 is 0. The van der Waals surface area contributed by atoms with Crippen LogP contribution in [0.1, 0.15) is 102 Å². The Labute approximate surface area is 696 Å². The van der Waals surface area contributed by atoms with Crippen LogP contribution in [-0.2, 0) is 17.6 Å². The molecule has 0 bridgehead atoms. The minimum atomic E-state index is -2.30. The van der Waals surface area contributed by atoms with E-state index in [4.69, 9.17) is 24.1 Å². The first-order valence-electron chi connectivity index (χ1n) is 41.7. The normalized spacial score (nSPS) is 17.1. The highest BCUT2D eigenvalue weighted by Crippen LogP contribution is 2.42. The number of nitriles is 3. The SMILES string of the molecule is N#Cc1cc(-c2nccc3[nH]c(-c4ccc(OCCN5CCCC5)cc4)cc23)ccc1OCC1CC1.N#Cc1cc(-c2ncnc3c2C=C(c2ccc(N4CCN(CC(F)F)CC4)cc2)C3)ccc1OC1CCN(C(=O)CO)CC1.N#Cc1cc(-c2ncnc3c2C=C(c2ccc(N4CCN(CC(F)F)CC4)cc2)C3)ccc1OC1CCNCC1. The minimum absolute atomic E-state index is 0.119. The van der Waals surface area contributed by atoms with Gasteiger partial charge >= 0.3 is 0 Å². The van der Waals surface area contributed by atoms with Crippen LogP contribution in [0.3, 0.4) is 0 Å². The third-order valence-electron chi connectivity index (χ3n) is 23.7. The van der Waals surface area contributed by atoms with E-state index >= 15 is 0 Å². The van der Waals surface area contributed by atoms with Crippen LogP contribution in [0.4, 0.5) is 28.9 Å². The number of aliphatic hydroxyl groups is 1. The summed E-state index contributed by atoms with van der Waals surface area (Å²) in [7, 11) is 0. The van der Waals surface area contributed by atoms with E-state index < -0.39 is 19.5 Å². The van der Waals surface area contributed by atoms with Crippen LogP contribution in [0, 0.1) is 39.9 Å². The summed E-state index contributed by atoms with van der Waals surface area (Å²) in [6, 6.07) is 53.0. The molecule has 6 aromatic carbocycles. The van der Waals surface area contributed by atoms with Gasteiger partial charge in [-0.05, 0) is 226 Å². The number of aromatic nitrogens is 6. The Morgan fingerprint density at radius 2 is 0.983 bits per heavy atom. The molecule has 22 nitrogen and oxygen atoms in total. The number of hydrogen-bond donors (Lipinski definition) is 3. The van der Waals surface area contributed by atoms with Crippen molar-refractivity contribution in [2.75, 3.05) is 141 Å². The van der Waals surface area contributed by atoms with Gasteiger partial charge in [0.05, 0.1) is 64.9 Å². The fourth-order valence-electron chi connectivity index (χ4n) is 16.8. The maximum Gasteiger partial charge on any atom is 0.251 e. The van der Waals surface area contributed by atoms with Gasteiger partial charge in [-0.3, -0.25) is 24.5 Å². The number of fused-ring (bicyclic) bond motifs is 3. The smallest absolute Gasteiger partial charge is 0.251 e. The molecule has 5 saturated heterocycles. The van der Waals surface area contributed by atoms with Crippen molar-refractivity contribution in [2.24, 2.45) is 5.92 Å². The number of amides is 1. The van der Waals surface area contributed by atoms with Crippen LogP contribution in [0.2, 0.25) is 0 Å². The number of pyridine rings is 1. The third kappa shape index (κ3) is 19.9. The van der Waals surface area contributed by atoms with Gasteiger partial charge in [-0.2, -0.15) is 15.8 Å². The summed E-state index contributed by atoms with van der Waals surface area (Å²) in [5, 5.41) is 42.9. The summed E-state index contributed by atoms with van der Waals surface area (Å²) < 4.78 is 75.0. The van der Waals surface area contributed by atoms with Crippen molar-refractivity contribution < 1.29 is 46.4 Å². The molecule has 4 aromatic heterocycles. The van der Waals surface area contributed by atoms with Crippen LogP contribution in [0.15, 0.2) is 158 Å². The van der Waals surface area contributed by atoms with E-state index in [1.165, 1.54) is 38.8 Å². The highest BCUT2D eigenvalue weighted by Gasteiger charge is 2.30. The van der Waals surface area contributed by atoms with E-state index in [1.54, 1.807) is 35.9 Å². The van der Waals surface area contributed by atoms with E-state index in [-0.39, 0.29) is 31.2 Å². The average Bonchev–Trinajstić information content (AvgIpc) is 0.946. The van der Waals surface area contributed by atoms with Crippen LogP contribution in [0.25, 0.3) is 79.2 Å². The van der Waals surface area contributed by atoms with Gasteiger partial charge in [0.15, 0.2) is 0 Å². The van der Waals surface area contributed by atoms with Crippen LogP contribution < -0.4 is 34.1 Å². The standard InChI is InChI=1S/C33H34F2N6O3.C31H32F2N6O.C30H30N4O2/c34-31(35)19-39-11-13-40(14-12-39)26-4-1-22(2-5-26)24-16-28-29(17-24)37-21-38-33(28)23-3-6-30(25(15-23)18-36)44-27-7-9-41(10-8-27)32(43)20-42;32-30(33)19-38-11-13-39(14-12-38)25-4-1-21(2-5-25)23-16-27-28(17-23)36-20-37-31(27)22-3-6-29(24(15-22)18-34)40-26-7-9-35-10-8-26;31-19-24-17-23(7-10-29(24)36-20-21-3-4-21)30-26-18-28(33-27(26)11-12-32-30)22-5-8-25(9-6-22)35-16-15-34-13-1-2-14-34/h1-6,15-16,21,27,31,42H,7-14,17,19-20H2;1-6,15-16,20,26,30,35H,7-14,17,19H2;5-12,17-18,21,33H,1-4,13-16,20H2. The number of piperazine rings is 2. The number of hydrogen-bond acceptors (Lipinski definition) is 20. The number of carbonyl (C=O) groups excluding carboxylic acids is 1. The lowest BCUT2D eigenvalue weighted by molar-refractivity contribution is -0.135. The Bertz CT molecular complexity index is 5450. The maximum atomic E-state index is 12.7. The Morgan fingerprint density at radius 1 is 0.500 bits per heavy atom. The van der Waals surface area contributed by atoms with Crippen LogP contribution >= 0.6 is 0 Å². The number of likely N-dealkylation sites (tertiary alicyclic amines) is 2. The molecule has 8 aliphatic rings. The first-order chi connectivity index (χ1) is 58.7. The number of alkyl halides is 4. The number of piperidine rings is 2. The predicted octanol–water partition coefficient (Wildman–Crippen LogP) is 14.5. The monoisotopic (exact) mass is 1620 g/mol. The molecule has 1 saturated carbocycles. The highest BCUT2D eigenvalue weighted by atomic mass is 19.3. The molecule has 0 unspecified atom stereocenters. The molecule has 120 heavy (non-hydrogen) atoms. The molecular formula is C94H96F4N16O6. The molecule has 1 amide bonds. The van der Waals surface area contributed by atoms with Gasteiger partial charge in [-0.25, -0.2) is 37.5 Å². The fourth-order valence-corrected chi connectivity index (χ4v) is 16.8. The number of nitrogens with zero attached hydrogens (tertiary/aromatic N) is 14. The summed E-state index contributed by atoms with van der Waals surface area (Å²) in [5.41, 5.74) is 20.0. The summed E-state index contributed by atoms with van der Waals surface area (Å²) in [6.07, 6.45) is 14.2. The number of nitrogens with one attached hydrogen (secondary N) is 2. The molecule has 0 atom stereocenters. The number of carbonyl (C=O) groups is 1. The van der Waals surface area contributed by atoms with Crippen molar-refractivity contribution in [3.8, 4) is 86.2 Å². The van der Waals surface area contributed by atoms with Crippen molar-refractivity contribution in [1.82, 2.24) is 54.8 Å². The van der Waals surface area contributed by atoms with Gasteiger partial charge in [0.25, 0.3) is 12.9 Å². The van der Waals surface area contributed by atoms with E-state index in [9.17, 15) is 38.1 Å². The Balaban J connectivity index is 0.000000135. The van der Waals surface area contributed by atoms with Crippen molar-refractivity contribution in [1.29, 1.82) is 15.8 Å². The lowest BCUT2D eigenvalue weighted by Gasteiger charge is -2.36. The number of rotatable bonds is 24. The average molecular weight is 1620 g/mol. The number of aliphatic hydroxyl groups excluding tert-OH is 1. The molecule has 5 aliphatic heterocycles. The molecule has 9 heterocycles. The number of halogens is 4. The van der Waals surface area contributed by atoms with Gasteiger partial charge in [-0.1, -0.05) is 24.3 Å². The number of benzene rings is 6. The molecule has 616 valence electrons. The van der Waals surface area contributed by atoms with Gasteiger partial charge in [0.2, 0.25) is 5.91 Å². The van der Waals surface area contributed by atoms with E-state index in [0.29, 0.717) is 111 Å². The molecule has 10 aromatic rings. The van der Waals surface area contributed by atoms with E-state index in [0.717, 1.165) is 183 Å². The minimum Gasteiger partial charge on any atom is -0.492 e. The fraction of sp³-hybridized carbons (Fsp3) is 0.372. The zero-order chi connectivity index (χ0) is 82.4. The quantitative estimate of drug-likeness (QED) is 0.0475. The topological polar surface area (TPSA) is 257 Å².